The highest BCUT2D eigenvalue weighted by atomic mass is 32.2. The third kappa shape index (κ3) is 4.20. The van der Waals surface area contributed by atoms with Crippen molar-refractivity contribution >= 4 is 24.2 Å². The molecule has 24 heavy (non-hydrogen) atoms. The lowest BCUT2D eigenvalue weighted by Crippen LogP contribution is -2.54. The van der Waals surface area contributed by atoms with Gasteiger partial charge in [-0.1, -0.05) is 46.0 Å². The van der Waals surface area contributed by atoms with Crippen LogP contribution in [-0.4, -0.2) is 29.7 Å². The molecule has 0 amide bonds. The normalized spacial score (nSPS) is 13.2. The summed E-state index contributed by atoms with van der Waals surface area (Å²) >= 11 is 0. The number of hydrogen-bond donors (Lipinski definition) is 1. The number of carbonyl (C=O) groups is 1. The van der Waals surface area contributed by atoms with Gasteiger partial charge in [0.25, 0.3) is 6.43 Å². The second-order valence-corrected chi connectivity index (χ2v) is 14.0. The van der Waals surface area contributed by atoms with E-state index in [0.29, 0.717) is 0 Å². The maximum atomic E-state index is 13.3. The molecule has 0 heterocycles. The third-order valence-corrected chi connectivity index (χ3v) is 12.1. The van der Waals surface area contributed by atoms with Gasteiger partial charge in [0, 0.05) is 5.56 Å². The predicted octanol–water partition coefficient (Wildman–Crippen LogP) is 3.69. The molecule has 0 aromatic heterocycles. The SMILES string of the molecule is COC(=O)c1cccc(C(F)F)c1S(=O)(=O)N[Si](C)(C)C(C)(C)C. The molecular formula is C15H23F2NO4SSi. The Morgan fingerprint density at radius 3 is 2.21 bits per heavy atom. The standard InChI is InChI=1S/C15H23F2NO4SSi/c1-15(2,3)24(5,6)18-23(20,21)12-10(13(16)17)8-7-9-11(12)14(19)22-4/h7-9,13,18H,1-6H3. The molecule has 1 aromatic carbocycles. The molecule has 1 aromatic rings. The summed E-state index contributed by atoms with van der Waals surface area (Å²) in [7, 11) is -5.85. The van der Waals surface area contributed by atoms with Crippen LogP contribution in [0.1, 0.15) is 43.1 Å². The van der Waals surface area contributed by atoms with Crippen LogP contribution in [-0.2, 0) is 14.8 Å². The molecule has 0 aliphatic carbocycles. The van der Waals surface area contributed by atoms with E-state index < -0.39 is 46.7 Å². The van der Waals surface area contributed by atoms with E-state index in [1.807, 2.05) is 20.8 Å². The van der Waals surface area contributed by atoms with Crippen molar-refractivity contribution in [1.29, 1.82) is 0 Å². The van der Waals surface area contributed by atoms with Crippen molar-refractivity contribution in [3.8, 4) is 0 Å². The number of sulfonamides is 1. The quantitative estimate of drug-likeness (QED) is 0.625. The maximum Gasteiger partial charge on any atom is 0.339 e. The van der Waals surface area contributed by atoms with E-state index in [-0.39, 0.29) is 5.04 Å². The second-order valence-electron chi connectivity index (χ2n) is 7.00. The van der Waals surface area contributed by atoms with Crippen LogP contribution >= 0.6 is 0 Å². The van der Waals surface area contributed by atoms with Crippen LogP contribution in [0.3, 0.4) is 0 Å². The highest BCUT2D eigenvalue weighted by Crippen LogP contribution is 2.36. The highest BCUT2D eigenvalue weighted by molar-refractivity contribution is 7.91. The smallest absolute Gasteiger partial charge is 0.339 e. The van der Waals surface area contributed by atoms with Gasteiger partial charge in [-0.05, 0) is 11.1 Å². The zero-order chi connectivity index (χ0) is 18.9. The van der Waals surface area contributed by atoms with Gasteiger partial charge in [0.1, 0.15) is 13.1 Å². The Morgan fingerprint density at radius 2 is 1.79 bits per heavy atom. The van der Waals surface area contributed by atoms with Gasteiger partial charge in [0.2, 0.25) is 10.0 Å². The number of nitrogens with one attached hydrogen (secondary N) is 1. The molecule has 5 nitrogen and oxygen atoms in total. The Bertz CT molecular complexity index is 727. The fourth-order valence-corrected chi connectivity index (χ4v) is 7.07. The molecule has 0 saturated carbocycles. The van der Waals surface area contributed by atoms with Crippen molar-refractivity contribution in [3.05, 3.63) is 29.3 Å². The zero-order valence-electron chi connectivity index (χ0n) is 14.6. The Labute approximate surface area is 142 Å². The summed E-state index contributed by atoms with van der Waals surface area (Å²) in [6, 6.07) is 3.37. The van der Waals surface area contributed by atoms with E-state index in [4.69, 9.17) is 0 Å². The summed E-state index contributed by atoms with van der Waals surface area (Å²) < 4.78 is 59.5. The van der Waals surface area contributed by atoms with Crippen molar-refractivity contribution in [3.63, 3.8) is 0 Å². The number of carbonyl (C=O) groups excluding carboxylic acids is 1. The zero-order valence-corrected chi connectivity index (χ0v) is 16.4. The molecule has 0 fully saturated rings. The molecule has 136 valence electrons. The van der Waals surface area contributed by atoms with Gasteiger partial charge in [0.15, 0.2) is 0 Å². The number of hydrogen-bond acceptors (Lipinski definition) is 4. The van der Waals surface area contributed by atoms with Gasteiger partial charge in [-0.15, -0.1) is 0 Å². The van der Waals surface area contributed by atoms with Crippen LogP contribution in [0.15, 0.2) is 23.1 Å². The van der Waals surface area contributed by atoms with Crippen molar-refractivity contribution in [2.75, 3.05) is 7.11 Å². The lowest BCUT2D eigenvalue weighted by Gasteiger charge is -2.37. The molecule has 1 N–H and O–H groups in total. The van der Waals surface area contributed by atoms with Gasteiger partial charge in [-0.3, -0.25) is 0 Å². The molecule has 0 bridgehead atoms. The molecule has 0 aliphatic rings. The Balaban J connectivity index is 3.61. The van der Waals surface area contributed by atoms with Crippen molar-refractivity contribution in [2.45, 2.75) is 50.2 Å². The summed E-state index contributed by atoms with van der Waals surface area (Å²) in [6.07, 6.45) is -3.04. The van der Waals surface area contributed by atoms with Crippen molar-refractivity contribution in [1.82, 2.24) is 4.39 Å². The minimum absolute atomic E-state index is 0.356. The van der Waals surface area contributed by atoms with E-state index in [2.05, 4.69) is 9.12 Å². The topological polar surface area (TPSA) is 72.5 Å². The average Bonchev–Trinajstić information content (AvgIpc) is 2.43. The minimum atomic E-state index is -4.33. The summed E-state index contributed by atoms with van der Waals surface area (Å²) in [5, 5.41) is -0.356. The van der Waals surface area contributed by atoms with Gasteiger partial charge in [-0.25, -0.2) is 26.4 Å². The number of alkyl halides is 2. The van der Waals surface area contributed by atoms with Gasteiger partial charge in [0.05, 0.1) is 12.7 Å². The van der Waals surface area contributed by atoms with Crippen LogP contribution in [0.4, 0.5) is 8.78 Å². The first-order valence-corrected chi connectivity index (χ1v) is 11.8. The summed E-state index contributed by atoms with van der Waals surface area (Å²) in [4.78, 5) is 11.2. The number of rotatable bonds is 5. The number of halogens is 2. The van der Waals surface area contributed by atoms with E-state index in [1.54, 1.807) is 13.1 Å². The van der Waals surface area contributed by atoms with E-state index in [9.17, 15) is 22.0 Å². The Morgan fingerprint density at radius 1 is 1.25 bits per heavy atom. The molecule has 0 radical (unpaired) electrons. The van der Waals surface area contributed by atoms with E-state index >= 15 is 0 Å². The molecule has 0 aliphatic heterocycles. The molecule has 9 heteroatoms. The Hall–Kier alpha value is -1.32. The first-order valence-electron chi connectivity index (χ1n) is 7.28. The minimum Gasteiger partial charge on any atom is -0.465 e. The number of benzene rings is 1. The lowest BCUT2D eigenvalue weighted by molar-refractivity contribution is 0.0595. The van der Waals surface area contributed by atoms with Crippen LogP contribution in [0.25, 0.3) is 0 Å². The molecule has 1 rings (SSSR count). The molecule has 0 spiro atoms. The maximum absolute atomic E-state index is 13.3. The number of methoxy groups -OCH3 is 1. The van der Waals surface area contributed by atoms with Crippen LogP contribution in [0.2, 0.25) is 18.1 Å². The molecule has 0 unspecified atom stereocenters. The number of esters is 1. The third-order valence-electron chi connectivity index (χ3n) is 4.22. The fraction of sp³-hybridized carbons (Fsp3) is 0.533. The first-order chi connectivity index (χ1) is 10.7. The predicted molar refractivity (Wildman–Crippen MR) is 90.3 cm³/mol. The summed E-state index contributed by atoms with van der Waals surface area (Å²) in [5.74, 6) is -0.979. The molecule has 0 saturated heterocycles. The number of ether oxygens (including phenoxy) is 1. The summed E-state index contributed by atoms with van der Waals surface area (Å²) in [6.45, 7) is 9.20. The van der Waals surface area contributed by atoms with Crippen molar-refractivity contribution in [2.24, 2.45) is 0 Å². The van der Waals surface area contributed by atoms with Crippen LogP contribution < -0.4 is 4.39 Å². The van der Waals surface area contributed by atoms with E-state index in [0.717, 1.165) is 19.2 Å². The Kier molecular flexibility index (Phi) is 5.95. The fourth-order valence-electron chi connectivity index (χ4n) is 1.84. The largest absolute Gasteiger partial charge is 0.465 e. The lowest BCUT2D eigenvalue weighted by atomic mass is 10.1. The molecular weight excluding hydrogens is 356 g/mol. The van der Waals surface area contributed by atoms with E-state index in [1.165, 1.54) is 6.07 Å². The van der Waals surface area contributed by atoms with Crippen LogP contribution in [0.5, 0.6) is 0 Å². The van der Waals surface area contributed by atoms with Crippen molar-refractivity contribution < 1.29 is 26.7 Å². The monoisotopic (exact) mass is 379 g/mol. The highest BCUT2D eigenvalue weighted by Gasteiger charge is 2.41. The van der Waals surface area contributed by atoms with Crippen LogP contribution in [0, 0.1) is 0 Å². The second kappa shape index (κ2) is 6.89. The first kappa shape index (κ1) is 20.7. The van der Waals surface area contributed by atoms with Gasteiger partial charge < -0.3 is 4.74 Å². The van der Waals surface area contributed by atoms with Gasteiger partial charge >= 0.3 is 5.97 Å². The average molecular weight is 380 g/mol. The van der Waals surface area contributed by atoms with Gasteiger partial charge in [-0.2, -0.15) is 0 Å². The summed E-state index contributed by atoms with van der Waals surface area (Å²) in [5.41, 5.74) is -1.12. The molecule has 0 atom stereocenters.